The van der Waals surface area contributed by atoms with Crippen LogP contribution in [0.5, 0.6) is 0 Å². The summed E-state index contributed by atoms with van der Waals surface area (Å²) in [5.41, 5.74) is -0.513. The van der Waals surface area contributed by atoms with E-state index in [2.05, 4.69) is 0 Å². The lowest BCUT2D eigenvalue weighted by molar-refractivity contribution is -0.137. The molecule has 5 nitrogen and oxygen atoms in total. The largest absolute Gasteiger partial charge is 0.480 e. The van der Waals surface area contributed by atoms with Crippen LogP contribution in [0.3, 0.4) is 0 Å². The summed E-state index contributed by atoms with van der Waals surface area (Å²) in [4.78, 5) is 24.5. The fourth-order valence-electron chi connectivity index (χ4n) is 2.02. The molecule has 1 aliphatic heterocycles. The number of ether oxygens (including phenoxy) is 1. The SMILES string of the molecule is CSC(C(=O)O)C1CCN(C(=O)OC(C)(C)C)C1. The predicted molar refractivity (Wildman–Crippen MR) is 70.9 cm³/mol. The standard InChI is InChI=1S/C12H21NO4S/c1-12(2,3)17-11(16)13-6-5-8(7-13)9(18-4)10(14)15/h8-9H,5-7H2,1-4H3,(H,14,15). The first kappa shape index (κ1) is 15.1. The molecule has 0 radical (unpaired) electrons. The van der Waals surface area contributed by atoms with E-state index in [1.54, 1.807) is 11.2 Å². The van der Waals surface area contributed by atoms with Gasteiger partial charge in [0.15, 0.2) is 0 Å². The molecule has 6 heteroatoms. The number of thioether (sulfide) groups is 1. The van der Waals surface area contributed by atoms with Gasteiger partial charge in [0.2, 0.25) is 0 Å². The van der Waals surface area contributed by atoms with Crippen LogP contribution in [-0.2, 0) is 9.53 Å². The summed E-state index contributed by atoms with van der Waals surface area (Å²) in [6.07, 6.45) is 2.15. The Labute approximate surface area is 112 Å². The van der Waals surface area contributed by atoms with Crippen molar-refractivity contribution in [3.05, 3.63) is 0 Å². The van der Waals surface area contributed by atoms with Gasteiger partial charge in [0.25, 0.3) is 0 Å². The summed E-state index contributed by atoms with van der Waals surface area (Å²) in [6, 6.07) is 0. The Morgan fingerprint density at radius 2 is 2.06 bits per heavy atom. The minimum Gasteiger partial charge on any atom is -0.480 e. The average molecular weight is 275 g/mol. The van der Waals surface area contributed by atoms with Gasteiger partial charge in [-0.2, -0.15) is 0 Å². The smallest absolute Gasteiger partial charge is 0.410 e. The van der Waals surface area contributed by atoms with Crippen LogP contribution in [0, 0.1) is 5.92 Å². The molecule has 1 rings (SSSR count). The Balaban J connectivity index is 2.55. The van der Waals surface area contributed by atoms with Crippen molar-refractivity contribution >= 4 is 23.8 Å². The topological polar surface area (TPSA) is 66.8 Å². The first-order valence-electron chi connectivity index (χ1n) is 5.98. The Morgan fingerprint density at radius 1 is 1.44 bits per heavy atom. The predicted octanol–water partition coefficient (Wildman–Crippen LogP) is 2.06. The van der Waals surface area contributed by atoms with Crippen molar-refractivity contribution in [2.45, 2.75) is 38.0 Å². The third-order valence-electron chi connectivity index (χ3n) is 2.80. The Morgan fingerprint density at radius 3 is 2.50 bits per heavy atom. The van der Waals surface area contributed by atoms with Crippen molar-refractivity contribution in [2.24, 2.45) is 5.92 Å². The number of carboxylic acids is 1. The summed E-state index contributed by atoms with van der Waals surface area (Å²) in [6.45, 7) is 6.50. The molecule has 0 aromatic carbocycles. The van der Waals surface area contributed by atoms with Crippen LogP contribution in [-0.4, -0.2) is 52.3 Å². The molecule has 2 atom stereocenters. The third kappa shape index (κ3) is 4.08. The summed E-state index contributed by atoms with van der Waals surface area (Å²) < 4.78 is 5.28. The lowest BCUT2D eigenvalue weighted by Crippen LogP contribution is -2.36. The maximum absolute atomic E-state index is 11.8. The lowest BCUT2D eigenvalue weighted by atomic mass is 10.1. The van der Waals surface area contributed by atoms with E-state index < -0.39 is 16.8 Å². The summed E-state index contributed by atoms with van der Waals surface area (Å²) in [5.74, 6) is -0.802. The summed E-state index contributed by atoms with van der Waals surface area (Å²) >= 11 is 1.32. The summed E-state index contributed by atoms with van der Waals surface area (Å²) in [7, 11) is 0. The minimum atomic E-state index is -0.807. The van der Waals surface area contributed by atoms with Crippen LogP contribution in [0.25, 0.3) is 0 Å². The summed E-state index contributed by atoms with van der Waals surface area (Å²) in [5, 5.41) is 8.64. The van der Waals surface area contributed by atoms with Gasteiger partial charge in [0, 0.05) is 19.0 Å². The van der Waals surface area contributed by atoms with Crippen LogP contribution in [0.2, 0.25) is 0 Å². The number of carbonyl (C=O) groups excluding carboxylic acids is 1. The first-order chi connectivity index (χ1) is 8.24. The number of hydrogen-bond acceptors (Lipinski definition) is 4. The zero-order chi connectivity index (χ0) is 13.9. The molecule has 1 amide bonds. The van der Waals surface area contributed by atoms with Crippen LogP contribution in [0.1, 0.15) is 27.2 Å². The number of aliphatic carboxylic acids is 1. The van der Waals surface area contributed by atoms with Crippen molar-refractivity contribution in [2.75, 3.05) is 19.3 Å². The molecule has 1 fully saturated rings. The van der Waals surface area contributed by atoms with Crippen molar-refractivity contribution in [3.63, 3.8) is 0 Å². The van der Waals surface area contributed by atoms with Gasteiger partial charge in [-0.15, -0.1) is 11.8 Å². The van der Waals surface area contributed by atoms with Gasteiger partial charge in [-0.05, 0) is 33.4 Å². The van der Waals surface area contributed by atoms with E-state index in [1.807, 2.05) is 20.8 Å². The quantitative estimate of drug-likeness (QED) is 0.854. The zero-order valence-corrected chi connectivity index (χ0v) is 12.1. The van der Waals surface area contributed by atoms with Gasteiger partial charge in [-0.3, -0.25) is 4.79 Å². The fourth-order valence-corrected chi connectivity index (χ4v) is 2.83. The van der Waals surface area contributed by atoms with Crippen LogP contribution in [0.15, 0.2) is 0 Å². The molecule has 104 valence electrons. The molecule has 0 aromatic heterocycles. The number of likely N-dealkylation sites (tertiary alicyclic amines) is 1. The van der Waals surface area contributed by atoms with E-state index in [9.17, 15) is 9.59 Å². The maximum Gasteiger partial charge on any atom is 0.410 e. The van der Waals surface area contributed by atoms with Crippen LogP contribution in [0.4, 0.5) is 4.79 Å². The van der Waals surface area contributed by atoms with Crippen molar-refractivity contribution < 1.29 is 19.4 Å². The Kier molecular flexibility index (Phi) is 4.90. The number of nitrogens with zero attached hydrogens (tertiary/aromatic N) is 1. The second-order valence-electron chi connectivity index (χ2n) is 5.47. The maximum atomic E-state index is 11.8. The van der Waals surface area contributed by atoms with Gasteiger partial charge in [-0.25, -0.2) is 4.79 Å². The van der Waals surface area contributed by atoms with Gasteiger partial charge in [-0.1, -0.05) is 0 Å². The zero-order valence-electron chi connectivity index (χ0n) is 11.3. The van der Waals surface area contributed by atoms with Crippen molar-refractivity contribution in [1.82, 2.24) is 4.90 Å². The molecule has 0 spiro atoms. The Bertz CT molecular complexity index is 327. The van der Waals surface area contributed by atoms with Crippen LogP contribution < -0.4 is 0 Å². The molecule has 0 aliphatic carbocycles. The average Bonchev–Trinajstić information content (AvgIpc) is 2.64. The molecule has 18 heavy (non-hydrogen) atoms. The van der Waals surface area contributed by atoms with E-state index in [-0.39, 0.29) is 12.0 Å². The highest BCUT2D eigenvalue weighted by molar-refractivity contribution is 7.99. The number of amides is 1. The molecule has 0 bridgehead atoms. The second-order valence-corrected chi connectivity index (χ2v) is 6.45. The van der Waals surface area contributed by atoms with E-state index in [4.69, 9.17) is 9.84 Å². The molecule has 1 aliphatic rings. The first-order valence-corrected chi connectivity index (χ1v) is 7.27. The second kappa shape index (κ2) is 5.82. The third-order valence-corrected chi connectivity index (χ3v) is 3.90. The lowest BCUT2D eigenvalue weighted by Gasteiger charge is -2.25. The monoisotopic (exact) mass is 275 g/mol. The highest BCUT2D eigenvalue weighted by Crippen LogP contribution is 2.28. The molecule has 0 saturated carbocycles. The van der Waals surface area contributed by atoms with E-state index in [0.29, 0.717) is 13.1 Å². The molecular formula is C12H21NO4S. The molecule has 1 N–H and O–H groups in total. The van der Waals surface area contributed by atoms with E-state index in [0.717, 1.165) is 6.42 Å². The van der Waals surface area contributed by atoms with Crippen LogP contribution >= 0.6 is 11.8 Å². The number of carboxylic acid groups (broad SMARTS) is 1. The molecule has 1 saturated heterocycles. The van der Waals surface area contributed by atoms with Gasteiger partial charge >= 0.3 is 12.1 Å². The number of hydrogen-bond donors (Lipinski definition) is 1. The minimum absolute atomic E-state index is 0.00465. The van der Waals surface area contributed by atoms with E-state index >= 15 is 0 Å². The number of rotatable bonds is 3. The molecule has 1 heterocycles. The normalized spacial score (nSPS) is 21.8. The van der Waals surface area contributed by atoms with E-state index in [1.165, 1.54) is 11.8 Å². The van der Waals surface area contributed by atoms with Gasteiger partial charge < -0.3 is 14.7 Å². The van der Waals surface area contributed by atoms with Crippen molar-refractivity contribution in [3.8, 4) is 0 Å². The van der Waals surface area contributed by atoms with Crippen molar-refractivity contribution in [1.29, 1.82) is 0 Å². The highest BCUT2D eigenvalue weighted by atomic mass is 32.2. The van der Waals surface area contributed by atoms with Gasteiger partial charge in [0.05, 0.1) is 0 Å². The Hall–Kier alpha value is -0.910. The number of carbonyl (C=O) groups is 2. The molecular weight excluding hydrogens is 254 g/mol. The highest BCUT2D eigenvalue weighted by Gasteiger charge is 2.36. The fraction of sp³-hybridized carbons (Fsp3) is 0.833. The van der Waals surface area contributed by atoms with Gasteiger partial charge in [0.1, 0.15) is 10.9 Å². The molecule has 0 aromatic rings. The molecule has 2 unspecified atom stereocenters.